The van der Waals surface area contributed by atoms with Crippen LogP contribution in [0.1, 0.15) is 17.5 Å². The van der Waals surface area contributed by atoms with Gasteiger partial charge in [-0.3, -0.25) is 9.69 Å². The maximum atomic E-state index is 12.2. The minimum Gasteiger partial charge on any atom is -0.396 e. The van der Waals surface area contributed by atoms with Gasteiger partial charge >= 0.3 is 0 Å². The molecule has 6 heteroatoms. The number of hydrogen-bond acceptors (Lipinski definition) is 5. The van der Waals surface area contributed by atoms with Crippen LogP contribution in [-0.2, 0) is 16.1 Å². The minimum absolute atomic E-state index is 0.00561. The van der Waals surface area contributed by atoms with Crippen LogP contribution < -0.4 is 0 Å². The molecule has 0 unspecified atom stereocenters. The van der Waals surface area contributed by atoms with E-state index in [-0.39, 0.29) is 24.5 Å². The second-order valence-electron chi connectivity index (χ2n) is 7.24. The number of piperidine rings is 1. The highest BCUT2D eigenvalue weighted by Crippen LogP contribution is 2.42. The lowest BCUT2D eigenvalue weighted by atomic mass is 9.74. The van der Waals surface area contributed by atoms with Gasteiger partial charge in [0.15, 0.2) is 0 Å². The number of ether oxygens (including phenoxy) is 1. The van der Waals surface area contributed by atoms with Crippen LogP contribution in [0.25, 0.3) is 0 Å². The van der Waals surface area contributed by atoms with Crippen molar-refractivity contribution in [1.29, 1.82) is 5.26 Å². The Morgan fingerprint density at radius 2 is 2.32 bits per heavy atom. The quantitative estimate of drug-likeness (QED) is 0.858. The van der Waals surface area contributed by atoms with E-state index in [1.54, 1.807) is 0 Å². The van der Waals surface area contributed by atoms with Gasteiger partial charge in [-0.05, 0) is 30.0 Å². The molecule has 0 bridgehead atoms. The van der Waals surface area contributed by atoms with Crippen molar-refractivity contribution in [3.05, 3.63) is 35.4 Å². The van der Waals surface area contributed by atoms with Crippen LogP contribution in [0.2, 0.25) is 0 Å². The first-order chi connectivity index (χ1) is 12.1. The Balaban J connectivity index is 1.69. The van der Waals surface area contributed by atoms with Crippen molar-refractivity contribution in [3.8, 4) is 6.07 Å². The maximum Gasteiger partial charge on any atom is 0.248 e. The van der Waals surface area contributed by atoms with E-state index in [4.69, 9.17) is 10.00 Å². The number of benzene rings is 1. The third kappa shape index (κ3) is 3.69. The van der Waals surface area contributed by atoms with Gasteiger partial charge in [-0.25, -0.2) is 0 Å². The van der Waals surface area contributed by atoms with E-state index in [1.807, 2.05) is 29.2 Å². The SMILES string of the molecule is COCC(=O)N1CC[C@H]2CN(Cc3cccc(C#N)c3)C[C@@]2(CO)C1. The Bertz CT molecular complexity index is 672. The van der Waals surface area contributed by atoms with E-state index >= 15 is 0 Å². The summed E-state index contributed by atoms with van der Waals surface area (Å²) in [4.78, 5) is 16.3. The van der Waals surface area contributed by atoms with Gasteiger partial charge in [-0.1, -0.05) is 12.1 Å². The first-order valence-electron chi connectivity index (χ1n) is 8.69. The summed E-state index contributed by atoms with van der Waals surface area (Å²) in [6, 6.07) is 9.84. The highest BCUT2D eigenvalue weighted by Gasteiger charge is 2.49. The summed E-state index contributed by atoms with van der Waals surface area (Å²) in [7, 11) is 1.53. The Morgan fingerprint density at radius 1 is 1.48 bits per heavy atom. The molecule has 0 aliphatic carbocycles. The average Bonchev–Trinajstić information content (AvgIpc) is 2.99. The molecule has 1 N–H and O–H groups in total. The normalized spacial score (nSPS) is 26.3. The highest BCUT2D eigenvalue weighted by molar-refractivity contribution is 5.77. The maximum absolute atomic E-state index is 12.2. The zero-order valence-electron chi connectivity index (χ0n) is 14.6. The third-order valence-corrected chi connectivity index (χ3v) is 5.53. The number of fused-ring (bicyclic) bond motifs is 1. The van der Waals surface area contributed by atoms with Crippen molar-refractivity contribution in [2.24, 2.45) is 11.3 Å². The summed E-state index contributed by atoms with van der Waals surface area (Å²) in [5.74, 6) is 0.386. The summed E-state index contributed by atoms with van der Waals surface area (Å²) < 4.78 is 4.97. The predicted molar refractivity (Wildman–Crippen MR) is 92.5 cm³/mol. The third-order valence-electron chi connectivity index (χ3n) is 5.53. The summed E-state index contributed by atoms with van der Waals surface area (Å²) in [6.45, 7) is 3.95. The van der Waals surface area contributed by atoms with Gasteiger partial charge in [-0.15, -0.1) is 0 Å². The average molecular weight is 343 g/mol. The van der Waals surface area contributed by atoms with E-state index in [0.29, 0.717) is 18.0 Å². The number of carbonyl (C=O) groups is 1. The molecule has 0 saturated carbocycles. The second-order valence-corrected chi connectivity index (χ2v) is 7.24. The van der Waals surface area contributed by atoms with Gasteiger partial charge in [0.1, 0.15) is 6.61 Å². The highest BCUT2D eigenvalue weighted by atomic mass is 16.5. The standard InChI is InChI=1S/C19H25N3O3/c1-25-11-18(24)22-6-5-17-10-21(12-19(17,13-22)14-23)9-16-4-2-3-15(7-16)8-20/h2-4,7,17,23H,5-6,9-14H2,1H3/t17-,19-/m0/s1. The molecule has 2 aliphatic heterocycles. The topological polar surface area (TPSA) is 76.8 Å². The van der Waals surface area contributed by atoms with Crippen molar-refractivity contribution in [2.45, 2.75) is 13.0 Å². The molecule has 0 spiro atoms. The van der Waals surface area contributed by atoms with Gasteiger partial charge < -0.3 is 14.7 Å². The number of likely N-dealkylation sites (tertiary alicyclic amines) is 2. The molecule has 2 fully saturated rings. The lowest BCUT2D eigenvalue weighted by Crippen LogP contribution is -2.53. The Hall–Kier alpha value is -1.94. The van der Waals surface area contributed by atoms with Crippen molar-refractivity contribution in [1.82, 2.24) is 9.80 Å². The van der Waals surface area contributed by atoms with Gasteiger partial charge in [0.2, 0.25) is 5.91 Å². The van der Waals surface area contributed by atoms with Crippen molar-refractivity contribution in [2.75, 3.05) is 46.5 Å². The molecule has 0 aromatic heterocycles. The van der Waals surface area contributed by atoms with Crippen molar-refractivity contribution < 1.29 is 14.6 Å². The van der Waals surface area contributed by atoms with Crippen LogP contribution in [0.15, 0.2) is 24.3 Å². The number of nitrogens with zero attached hydrogens (tertiary/aromatic N) is 3. The van der Waals surface area contributed by atoms with Crippen LogP contribution >= 0.6 is 0 Å². The molecular formula is C19H25N3O3. The van der Waals surface area contributed by atoms with E-state index in [0.717, 1.165) is 38.2 Å². The molecule has 1 aromatic rings. The Labute approximate surface area is 148 Å². The lowest BCUT2D eigenvalue weighted by molar-refractivity contribution is -0.140. The van der Waals surface area contributed by atoms with Crippen LogP contribution in [-0.4, -0.2) is 67.3 Å². The van der Waals surface area contributed by atoms with Crippen LogP contribution in [0.4, 0.5) is 0 Å². The fourth-order valence-electron chi connectivity index (χ4n) is 4.27. The fraction of sp³-hybridized carbons (Fsp3) is 0.579. The number of nitriles is 1. The van der Waals surface area contributed by atoms with E-state index in [9.17, 15) is 9.90 Å². The van der Waals surface area contributed by atoms with E-state index in [1.165, 1.54) is 7.11 Å². The monoisotopic (exact) mass is 343 g/mol. The molecule has 2 aliphatic rings. The van der Waals surface area contributed by atoms with E-state index in [2.05, 4.69) is 11.0 Å². The molecule has 25 heavy (non-hydrogen) atoms. The van der Waals surface area contributed by atoms with Gasteiger partial charge in [0.25, 0.3) is 0 Å². The largest absolute Gasteiger partial charge is 0.396 e. The molecule has 134 valence electrons. The van der Waals surface area contributed by atoms with Crippen LogP contribution in [0.5, 0.6) is 0 Å². The Morgan fingerprint density at radius 3 is 3.04 bits per heavy atom. The molecule has 2 atom stereocenters. The number of methoxy groups -OCH3 is 1. The zero-order chi connectivity index (χ0) is 17.9. The molecule has 1 amide bonds. The molecule has 1 aromatic carbocycles. The van der Waals surface area contributed by atoms with Gasteiger partial charge in [0, 0.05) is 45.2 Å². The van der Waals surface area contributed by atoms with E-state index < -0.39 is 0 Å². The van der Waals surface area contributed by atoms with Crippen molar-refractivity contribution in [3.63, 3.8) is 0 Å². The summed E-state index contributed by atoms with van der Waals surface area (Å²) in [6.07, 6.45) is 0.907. The second kappa shape index (κ2) is 7.52. The first-order valence-corrected chi connectivity index (χ1v) is 8.69. The number of aliphatic hydroxyl groups is 1. The fourth-order valence-corrected chi connectivity index (χ4v) is 4.27. The minimum atomic E-state index is -0.255. The zero-order valence-corrected chi connectivity index (χ0v) is 14.6. The summed E-state index contributed by atoms with van der Waals surface area (Å²) in [5, 5.41) is 19.2. The lowest BCUT2D eigenvalue weighted by Gasteiger charge is -2.43. The molecular weight excluding hydrogens is 318 g/mol. The first kappa shape index (κ1) is 17.9. The molecule has 0 radical (unpaired) electrons. The van der Waals surface area contributed by atoms with Crippen LogP contribution in [0.3, 0.4) is 0 Å². The van der Waals surface area contributed by atoms with Gasteiger partial charge in [-0.2, -0.15) is 5.26 Å². The number of carbonyl (C=O) groups excluding carboxylic acids is 1. The smallest absolute Gasteiger partial charge is 0.248 e. The predicted octanol–water partition coefficient (Wildman–Crippen LogP) is 0.847. The molecule has 6 nitrogen and oxygen atoms in total. The molecule has 2 heterocycles. The van der Waals surface area contributed by atoms with Gasteiger partial charge in [0.05, 0.1) is 18.2 Å². The van der Waals surface area contributed by atoms with Crippen molar-refractivity contribution >= 4 is 5.91 Å². The van der Waals surface area contributed by atoms with Crippen LogP contribution in [0, 0.1) is 22.7 Å². The number of rotatable bonds is 5. The number of hydrogen-bond donors (Lipinski definition) is 1. The molecule has 2 saturated heterocycles. The Kier molecular flexibility index (Phi) is 5.38. The number of aliphatic hydroxyl groups excluding tert-OH is 1. The summed E-state index contributed by atoms with van der Waals surface area (Å²) >= 11 is 0. The molecule has 3 rings (SSSR count). The summed E-state index contributed by atoms with van der Waals surface area (Å²) in [5.41, 5.74) is 1.52. The number of amides is 1.